The molecule has 1 aromatic carbocycles. The van der Waals surface area contributed by atoms with E-state index in [0.29, 0.717) is 19.6 Å². The number of ether oxygens (including phenoxy) is 1. The van der Waals surface area contributed by atoms with Crippen LogP contribution in [0.3, 0.4) is 0 Å². The number of carbonyl (C=O) groups is 2. The molecule has 0 unspecified atom stereocenters. The highest BCUT2D eigenvalue weighted by atomic mass is 16.5. The van der Waals surface area contributed by atoms with Gasteiger partial charge < -0.3 is 9.64 Å². The number of hydrogen-bond acceptors (Lipinski definition) is 5. The van der Waals surface area contributed by atoms with Gasteiger partial charge in [0, 0.05) is 18.5 Å². The molecule has 0 spiro atoms. The van der Waals surface area contributed by atoms with Crippen molar-refractivity contribution in [3.63, 3.8) is 0 Å². The van der Waals surface area contributed by atoms with E-state index in [1.165, 1.54) is 42.3 Å². The van der Waals surface area contributed by atoms with Gasteiger partial charge in [0.1, 0.15) is 12.3 Å². The van der Waals surface area contributed by atoms with Gasteiger partial charge in [0.2, 0.25) is 0 Å². The minimum atomic E-state index is -0.304. The fourth-order valence-electron chi connectivity index (χ4n) is 4.25. The molecule has 0 radical (unpaired) electrons. The quantitative estimate of drug-likeness (QED) is 0.546. The smallest absolute Gasteiger partial charge is 0.347 e. The number of piperidine rings is 1. The number of urea groups is 1. The Morgan fingerprint density at radius 3 is 2.69 bits per heavy atom. The molecule has 7 nitrogen and oxygen atoms in total. The van der Waals surface area contributed by atoms with Crippen LogP contribution in [0.25, 0.3) is 0 Å². The Morgan fingerprint density at radius 1 is 1.07 bits per heavy atom. The maximum atomic E-state index is 12.7. The van der Waals surface area contributed by atoms with Crippen molar-refractivity contribution in [2.75, 3.05) is 39.3 Å². The van der Waals surface area contributed by atoms with E-state index in [4.69, 9.17) is 4.74 Å². The summed E-state index contributed by atoms with van der Waals surface area (Å²) in [5.41, 5.74) is 2.83. The first-order chi connectivity index (χ1) is 14.1. The number of rotatable bonds is 6. The molecule has 2 saturated heterocycles. The first-order valence-corrected chi connectivity index (χ1v) is 10.8. The number of aryl methyl sites for hydroxylation is 1. The fraction of sp³-hybridized carbons (Fsp3) is 0.591. The summed E-state index contributed by atoms with van der Waals surface area (Å²) in [7, 11) is 0. The van der Waals surface area contributed by atoms with Crippen molar-refractivity contribution in [1.29, 1.82) is 0 Å². The number of hydrazone groups is 1. The molecule has 0 N–H and O–H groups in total. The van der Waals surface area contributed by atoms with Crippen LogP contribution in [0, 0.1) is 6.92 Å². The van der Waals surface area contributed by atoms with Gasteiger partial charge in [-0.1, -0.05) is 18.1 Å². The topological polar surface area (TPSA) is 65.5 Å². The number of imide groups is 1. The molecule has 0 atom stereocenters. The Bertz CT molecular complexity index is 801. The molecule has 3 aliphatic heterocycles. The summed E-state index contributed by atoms with van der Waals surface area (Å²) in [6.45, 7) is 6.46. The average Bonchev–Trinajstić information content (AvgIpc) is 2.99. The standard InChI is InChI=1S/C22H30N4O3/c1-17-7-8-20-18(15-17)19(9-14-29-20)23-26-16-21(27)25(22(26)28)13-6-5-12-24-10-3-2-4-11-24/h7-8,15H,2-6,9-14,16H2,1H3/b23-19+. The minimum Gasteiger partial charge on any atom is -0.492 e. The van der Waals surface area contributed by atoms with Gasteiger partial charge in [-0.25, -0.2) is 9.80 Å². The highest BCUT2D eigenvalue weighted by Crippen LogP contribution is 2.27. The number of nitrogens with zero attached hydrogens (tertiary/aromatic N) is 4. The first kappa shape index (κ1) is 19.9. The lowest BCUT2D eigenvalue weighted by atomic mass is 10.0. The summed E-state index contributed by atoms with van der Waals surface area (Å²) in [4.78, 5) is 29.0. The third-order valence-electron chi connectivity index (χ3n) is 5.88. The predicted octanol–water partition coefficient (Wildman–Crippen LogP) is 3.01. The summed E-state index contributed by atoms with van der Waals surface area (Å²) in [5, 5.41) is 5.87. The van der Waals surface area contributed by atoms with Crippen LogP contribution in [0.1, 0.15) is 49.7 Å². The number of carbonyl (C=O) groups excluding carboxylic acids is 2. The van der Waals surface area contributed by atoms with E-state index in [1.807, 2.05) is 25.1 Å². The monoisotopic (exact) mass is 398 g/mol. The first-order valence-electron chi connectivity index (χ1n) is 10.8. The van der Waals surface area contributed by atoms with Crippen molar-refractivity contribution in [3.8, 4) is 5.75 Å². The van der Waals surface area contributed by atoms with Crippen LogP contribution in [0.2, 0.25) is 0 Å². The molecular formula is C22H30N4O3. The molecule has 4 rings (SSSR count). The lowest BCUT2D eigenvalue weighted by Crippen LogP contribution is -2.34. The lowest BCUT2D eigenvalue weighted by Gasteiger charge is -2.26. The molecule has 156 valence electrons. The van der Waals surface area contributed by atoms with Crippen molar-refractivity contribution in [2.24, 2.45) is 5.10 Å². The van der Waals surface area contributed by atoms with E-state index in [2.05, 4.69) is 10.0 Å². The number of fused-ring (bicyclic) bond motifs is 1. The molecule has 1 aromatic rings. The molecule has 0 aromatic heterocycles. The van der Waals surface area contributed by atoms with Gasteiger partial charge in [-0.15, -0.1) is 0 Å². The highest BCUT2D eigenvalue weighted by molar-refractivity contribution is 6.06. The number of benzene rings is 1. The predicted molar refractivity (Wildman–Crippen MR) is 111 cm³/mol. The Kier molecular flexibility index (Phi) is 6.13. The molecule has 3 aliphatic rings. The zero-order chi connectivity index (χ0) is 20.2. The van der Waals surface area contributed by atoms with E-state index in [0.717, 1.165) is 42.0 Å². The molecule has 7 heteroatoms. The second kappa shape index (κ2) is 8.95. The number of unbranched alkanes of at least 4 members (excludes halogenated alkanes) is 1. The van der Waals surface area contributed by atoms with Gasteiger partial charge in [0.05, 0.1) is 12.3 Å². The third kappa shape index (κ3) is 4.61. The molecule has 0 bridgehead atoms. The highest BCUT2D eigenvalue weighted by Gasteiger charge is 2.36. The maximum absolute atomic E-state index is 12.7. The van der Waals surface area contributed by atoms with Gasteiger partial charge >= 0.3 is 6.03 Å². The normalized spacial score (nSPS) is 21.6. The van der Waals surface area contributed by atoms with Crippen LogP contribution >= 0.6 is 0 Å². The van der Waals surface area contributed by atoms with E-state index in [-0.39, 0.29) is 18.5 Å². The molecule has 0 aliphatic carbocycles. The van der Waals surface area contributed by atoms with Gasteiger partial charge in [-0.05, 0) is 64.4 Å². The van der Waals surface area contributed by atoms with Gasteiger partial charge in [-0.2, -0.15) is 5.10 Å². The second-order valence-electron chi connectivity index (χ2n) is 8.14. The Hall–Kier alpha value is -2.41. The minimum absolute atomic E-state index is 0.0243. The van der Waals surface area contributed by atoms with Crippen LogP contribution in [-0.4, -0.2) is 71.8 Å². The van der Waals surface area contributed by atoms with Gasteiger partial charge in [-0.3, -0.25) is 9.69 Å². The van der Waals surface area contributed by atoms with E-state index < -0.39 is 0 Å². The Balaban J connectivity index is 1.35. The largest absolute Gasteiger partial charge is 0.492 e. The molecule has 0 saturated carbocycles. The fourth-order valence-corrected chi connectivity index (χ4v) is 4.25. The van der Waals surface area contributed by atoms with Crippen molar-refractivity contribution in [2.45, 2.75) is 45.4 Å². The molecule has 3 amide bonds. The van der Waals surface area contributed by atoms with Gasteiger partial charge in [0.15, 0.2) is 0 Å². The Morgan fingerprint density at radius 2 is 1.86 bits per heavy atom. The lowest BCUT2D eigenvalue weighted by molar-refractivity contribution is -0.125. The van der Waals surface area contributed by atoms with E-state index in [1.54, 1.807) is 0 Å². The van der Waals surface area contributed by atoms with Crippen LogP contribution in [-0.2, 0) is 4.79 Å². The maximum Gasteiger partial charge on any atom is 0.347 e. The number of amides is 3. The van der Waals surface area contributed by atoms with Crippen LogP contribution in [0.5, 0.6) is 5.75 Å². The van der Waals surface area contributed by atoms with Crippen molar-refractivity contribution >= 4 is 17.6 Å². The number of likely N-dealkylation sites (tertiary alicyclic amines) is 1. The summed E-state index contributed by atoms with van der Waals surface area (Å²) < 4.78 is 5.69. The molecular weight excluding hydrogens is 368 g/mol. The molecule has 2 fully saturated rings. The summed E-state index contributed by atoms with van der Waals surface area (Å²) in [6, 6.07) is 5.65. The van der Waals surface area contributed by atoms with Crippen molar-refractivity contribution in [3.05, 3.63) is 29.3 Å². The second-order valence-corrected chi connectivity index (χ2v) is 8.14. The van der Waals surface area contributed by atoms with Crippen LogP contribution < -0.4 is 4.74 Å². The number of hydrogen-bond donors (Lipinski definition) is 0. The van der Waals surface area contributed by atoms with E-state index in [9.17, 15) is 9.59 Å². The summed E-state index contributed by atoms with van der Waals surface area (Å²) in [5.74, 6) is 0.627. The molecule has 29 heavy (non-hydrogen) atoms. The van der Waals surface area contributed by atoms with E-state index >= 15 is 0 Å². The van der Waals surface area contributed by atoms with Crippen molar-refractivity contribution in [1.82, 2.24) is 14.8 Å². The van der Waals surface area contributed by atoms with Crippen molar-refractivity contribution < 1.29 is 14.3 Å². The third-order valence-corrected chi connectivity index (χ3v) is 5.88. The van der Waals surface area contributed by atoms with Gasteiger partial charge in [0.25, 0.3) is 5.91 Å². The SMILES string of the molecule is Cc1ccc2c(c1)/C(=N/N1CC(=O)N(CCCCN3CCCCC3)C1=O)CCO2. The summed E-state index contributed by atoms with van der Waals surface area (Å²) >= 11 is 0. The average molecular weight is 399 g/mol. The summed E-state index contributed by atoms with van der Waals surface area (Å²) in [6.07, 6.45) is 6.38. The molecule has 3 heterocycles. The Labute approximate surface area is 172 Å². The zero-order valence-corrected chi connectivity index (χ0v) is 17.2. The van der Waals surface area contributed by atoms with Crippen LogP contribution in [0.15, 0.2) is 23.3 Å². The zero-order valence-electron chi connectivity index (χ0n) is 17.2. The van der Waals surface area contributed by atoms with Crippen LogP contribution in [0.4, 0.5) is 4.79 Å².